The van der Waals surface area contributed by atoms with Crippen LogP contribution in [0.1, 0.15) is 33.6 Å². The first-order valence-electron chi connectivity index (χ1n) is 9.50. The highest BCUT2D eigenvalue weighted by Crippen LogP contribution is 2.95. The number of hydrogen-bond acceptors (Lipinski definition) is 7. The number of esters is 1. The second-order valence-corrected chi connectivity index (χ2v) is 9.93. The predicted octanol–water partition coefficient (Wildman–Crippen LogP) is -0.483. The Morgan fingerprint density at radius 2 is 1.81 bits per heavy atom. The van der Waals surface area contributed by atoms with E-state index in [0.717, 1.165) is 5.57 Å². The van der Waals surface area contributed by atoms with Gasteiger partial charge in [0.2, 0.25) is 0 Å². The van der Waals surface area contributed by atoms with Crippen molar-refractivity contribution in [2.75, 3.05) is 6.61 Å². The predicted molar refractivity (Wildman–Crippen MR) is 87.9 cm³/mol. The molecule has 144 valence electrons. The van der Waals surface area contributed by atoms with Crippen LogP contribution in [0, 0.1) is 33.5 Å². The first-order valence-corrected chi connectivity index (χ1v) is 9.50. The van der Waals surface area contributed by atoms with Crippen molar-refractivity contribution in [3.8, 4) is 0 Å². The number of Topliss-reactive ketones (excluding diaryl/α,β-unsaturated/α-hetero) is 1. The maximum Gasteiger partial charge on any atom is 0.306 e. The van der Waals surface area contributed by atoms with Crippen LogP contribution in [0.25, 0.3) is 0 Å². The minimum atomic E-state index is -2.28. The molecule has 0 amide bonds. The number of aliphatic hydroxyl groups excluding tert-OH is 1. The van der Waals surface area contributed by atoms with Gasteiger partial charge in [0.05, 0.1) is 6.61 Å². The fourth-order valence-electron chi connectivity index (χ4n) is 9.70. The summed E-state index contributed by atoms with van der Waals surface area (Å²) in [6, 6.07) is 0. The van der Waals surface area contributed by atoms with Crippen LogP contribution in [0.2, 0.25) is 0 Å². The van der Waals surface area contributed by atoms with Gasteiger partial charge in [0.15, 0.2) is 22.8 Å². The summed E-state index contributed by atoms with van der Waals surface area (Å²) in [5, 5.41) is 34.2. The number of allylic oxidation sites excluding steroid dienone is 1. The third-order valence-corrected chi connectivity index (χ3v) is 10.3. The van der Waals surface area contributed by atoms with Crippen molar-refractivity contribution < 1.29 is 34.4 Å². The zero-order chi connectivity index (χ0) is 19.6. The second kappa shape index (κ2) is 3.67. The molecule has 7 rings (SSSR count). The molecule has 9 atom stereocenters. The van der Waals surface area contributed by atoms with Gasteiger partial charge in [0.1, 0.15) is 6.10 Å². The molecular formula is C20H22O7. The van der Waals surface area contributed by atoms with Gasteiger partial charge in [0.25, 0.3) is 0 Å². The van der Waals surface area contributed by atoms with Crippen LogP contribution in [0.5, 0.6) is 0 Å². The minimum absolute atomic E-state index is 0.0466. The summed E-state index contributed by atoms with van der Waals surface area (Å²) in [5.41, 5.74) is -8.26. The zero-order valence-corrected chi connectivity index (χ0v) is 15.4. The van der Waals surface area contributed by atoms with Gasteiger partial charge in [-0.25, -0.2) is 0 Å². The van der Waals surface area contributed by atoms with E-state index in [1.54, 1.807) is 20.8 Å². The van der Waals surface area contributed by atoms with Crippen molar-refractivity contribution in [3.63, 3.8) is 0 Å². The summed E-state index contributed by atoms with van der Waals surface area (Å²) in [6.07, 6.45) is 0.928. The third kappa shape index (κ3) is 0.922. The number of ketones is 2. The Kier molecular flexibility index (Phi) is 2.23. The molecule has 1 saturated heterocycles. The van der Waals surface area contributed by atoms with Crippen LogP contribution in [0.15, 0.2) is 11.6 Å². The highest BCUT2D eigenvalue weighted by molar-refractivity contribution is 6.15. The number of hydrogen-bond donors (Lipinski definition) is 3. The SMILES string of the molecule is CC1=CC(=O)[C@@]2(O)[C@@]3(O)C(=O)[C@@H]4[C@]5(CO)[C@H]6CC(=O)O[C@@H]5C[C@@]1([C@@]42C)[C@]63C. The van der Waals surface area contributed by atoms with Gasteiger partial charge in [-0.2, -0.15) is 0 Å². The van der Waals surface area contributed by atoms with E-state index >= 15 is 0 Å². The van der Waals surface area contributed by atoms with Gasteiger partial charge in [-0.1, -0.05) is 19.4 Å². The number of carbonyl (C=O) groups excluding carboxylic acids is 3. The van der Waals surface area contributed by atoms with Gasteiger partial charge >= 0.3 is 5.97 Å². The fourth-order valence-corrected chi connectivity index (χ4v) is 9.70. The molecule has 8 bridgehead atoms. The highest BCUT2D eigenvalue weighted by atomic mass is 16.5. The van der Waals surface area contributed by atoms with E-state index in [-0.39, 0.29) is 12.8 Å². The lowest BCUT2D eigenvalue weighted by Crippen LogP contribution is -2.84. The van der Waals surface area contributed by atoms with Gasteiger partial charge in [0, 0.05) is 34.0 Å². The maximum atomic E-state index is 13.6. The Labute approximate surface area is 155 Å². The lowest BCUT2D eigenvalue weighted by atomic mass is 9.24. The number of ether oxygens (including phenoxy) is 1. The van der Waals surface area contributed by atoms with Crippen molar-refractivity contribution >= 4 is 17.5 Å². The Bertz CT molecular complexity index is 939. The zero-order valence-electron chi connectivity index (χ0n) is 15.4. The molecule has 0 radical (unpaired) electrons. The molecule has 7 heteroatoms. The van der Waals surface area contributed by atoms with Crippen LogP contribution >= 0.6 is 0 Å². The average molecular weight is 374 g/mol. The molecular weight excluding hydrogens is 352 g/mol. The topological polar surface area (TPSA) is 121 Å². The highest BCUT2D eigenvalue weighted by Gasteiger charge is 3.05. The number of aliphatic hydroxyl groups is 3. The monoisotopic (exact) mass is 374 g/mol. The van der Waals surface area contributed by atoms with Crippen LogP contribution in [0.4, 0.5) is 0 Å². The lowest BCUT2D eigenvalue weighted by molar-refractivity contribution is -0.341. The third-order valence-electron chi connectivity index (χ3n) is 10.3. The minimum Gasteiger partial charge on any atom is -0.462 e. The smallest absolute Gasteiger partial charge is 0.306 e. The van der Waals surface area contributed by atoms with Crippen molar-refractivity contribution in [1.82, 2.24) is 0 Å². The Morgan fingerprint density at radius 1 is 1.15 bits per heavy atom. The summed E-state index contributed by atoms with van der Waals surface area (Å²) >= 11 is 0. The van der Waals surface area contributed by atoms with E-state index in [2.05, 4.69) is 0 Å². The molecule has 27 heavy (non-hydrogen) atoms. The van der Waals surface area contributed by atoms with Gasteiger partial charge < -0.3 is 20.1 Å². The largest absolute Gasteiger partial charge is 0.462 e. The molecule has 5 saturated carbocycles. The molecule has 0 unspecified atom stereocenters. The lowest BCUT2D eigenvalue weighted by Gasteiger charge is -2.78. The molecule has 6 aliphatic carbocycles. The Hall–Kier alpha value is -1.57. The summed E-state index contributed by atoms with van der Waals surface area (Å²) in [5.74, 6) is -3.17. The molecule has 1 heterocycles. The first kappa shape index (κ1) is 16.4. The summed E-state index contributed by atoms with van der Waals surface area (Å²) < 4.78 is 5.64. The standard InChI is InChI=1S/C20H22O7/c1-8-4-10(22)19(25)16(3)13-14(24)20(19,26)15(2)9-5-12(23)27-11(6-18(8,15)16)17(9,13)7-21/h4,9,11,13,21,25-26H,5-7H2,1-3H3/t9-,11+,13-,15-,16+,17+,18-,19-,20+/m0/s1. The van der Waals surface area contributed by atoms with Crippen molar-refractivity contribution in [2.24, 2.45) is 33.5 Å². The van der Waals surface area contributed by atoms with Crippen molar-refractivity contribution in [2.45, 2.75) is 50.9 Å². The van der Waals surface area contributed by atoms with Gasteiger partial charge in [-0.15, -0.1) is 0 Å². The summed E-state index contributed by atoms with van der Waals surface area (Å²) in [4.78, 5) is 39.0. The molecule has 6 fully saturated rings. The van der Waals surface area contributed by atoms with Crippen LogP contribution in [0.3, 0.4) is 0 Å². The second-order valence-electron chi connectivity index (χ2n) is 9.93. The van der Waals surface area contributed by atoms with Crippen molar-refractivity contribution in [1.29, 1.82) is 0 Å². The van der Waals surface area contributed by atoms with Crippen LogP contribution < -0.4 is 0 Å². The molecule has 3 N–H and O–H groups in total. The Balaban J connectivity index is 1.85. The normalized spacial score (nSPS) is 64.3. The molecule has 0 aromatic carbocycles. The number of rotatable bonds is 1. The molecule has 0 aromatic rings. The van der Waals surface area contributed by atoms with E-state index in [0.29, 0.717) is 0 Å². The number of carbonyl (C=O) groups is 3. The molecule has 0 aromatic heterocycles. The maximum absolute atomic E-state index is 13.6. The average Bonchev–Trinajstić information content (AvgIpc) is 2.78. The Morgan fingerprint density at radius 3 is 2.44 bits per heavy atom. The molecule has 1 aliphatic heterocycles. The summed E-state index contributed by atoms with van der Waals surface area (Å²) in [7, 11) is 0. The van der Waals surface area contributed by atoms with Gasteiger partial charge in [-0.3, -0.25) is 14.4 Å². The van der Waals surface area contributed by atoms with E-state index in [4.69, 9.17) is 4.74 Å². The molecule has 1 spiro atoms. The van der Waals surface area contributed by atoms with Crippen LogP contribution in [-0.2, 0) is 19.1 Å². The quantitative estimate of drug-likeness (QED) is 0.530. The molecule has 7 nitrogen and oxygen atoms in total. The molecule has 7 aliphatic rings. The van der Waals surface area contributed by atoms with E-state index in [9.17, 15) is 29.7 Å². The summed E-state index contributed by atoms with van der Waals surface area (Å²) in [6.45, 7) is 4.86. The van der Waals surface area contributed by atoms with Crippen molar-refractivity contribution in [3.05, 3.63) is 11.6 Å². The van der Waals surface area contributed by atoms with Gasteiger partial charge in [-0.05, 0) is 25.3 Å². The fraction of sp³-hybridized carbons (Fsp3) is 0.750. The first-order chi connectivity index (χ1) is 12.5. The van der Waals surface area contributed by atoms with E-state index in [1.807, 2.05) is 0 Å². The van der Waals surface area contributed by atoms with Crippen LogP contribution in [-0.4, -0.2) is 56.8 Å². The van der Waals surface area contributed by atoms with E-state index < -0.39 is 74.9 Å². The van der Waals surface area contributed by atoms with E-state index in [1.165, 1.54) is 6.08 Å².